The molecule has 0 radical (unpaired) electrons. The molecule has 3 rings (SSSR count). The minimum absolute atomic E-state index is 0.122. The van der Waals surface area contributed by atoms with Crippen LogP contribution in [0, 0.1) is 5.41 Å². The number of likely N-dealkylation sites (tertiary alicyclic amines) is 1. The minimum atomic E-state index is -0.122. The van der Waals surface area contributed by atoms with Crippen molar-refractivity contribution in [1.29, 1.82) is 0 Å². The lowest BCUT2D eigenvalue weighted by Gasteiger charge is -2.32. The van der Waals surface area contributed by atoms with Crippen molar-refractivity contribution in [2.24, 2.45) is 5.41 Å². The van der Waals surface area contributed by atoms with Crippen molar-refractivity contribution in [1.82, 2.24) is 10.2 Å². The lowest BCUT2D eigenvalue weighted by molar-refractivity contribution is -0.132. The van der Waals surface area contributed by atoms with E-state index in [4.69, 9.17) is 4.42 Å². The van der Waals surface area contributed by atoms with E-state index in [9.17, 15) is 4.79 Å². The predicted octanol–water partition coefficient (Wildman–Crippen LogP) is 2.29. The van der Waals surface area contributed by atoms with E-state index in [0.29, 0.717) is 0 Å². The van der Waals surface area contributed by atoms with Crippen LogP contribution in [0.25, 0.3) is 6.08 Å². The van der Waals surface area contributed by atoms with E-state index >= 15 is 0 Å². The molecule has 1 amide bonds. The van der Waals surface area contributed by atoms with Gasteiger partial charge in [0.25, 0.3) is 0 Å². The lowest BCUT2D eigenvalue weighted by Crippen LogP contribution is -2.47. The molecule has 2 aliphatic rings. The van der Waals surface area contributed by atoms with E-state index < -0.39 is 0 Å². The van der Waals surface area contributed by atoms with Crippen LogP contribution >= 0.6 is 0 Å². The first-order chi connectivity index (χ1) is 9.68. The van der Waals surface area contributed by atoms with Crippen molar-refractivity contribution in [3.8, 4) is 0 Å². The largest absolute Gasteiger partial charge is 0.465 e. The fraction of sp³-hybridized carbons (Fsp3) is 0.562. The van der Waals surface area contributed by atoms with Crippen LogP contribution in [0.5, 0.6) is 0 Å². The lowest BCUT2D eigenvalue weighted by atomic mass is 9.79. The van der Waals surface area contributed by atoms with Gasteiger partial charge in [-0.2, -0.15) is 0 Å². The van der Waals surface area contributed by atoms with Crippen molar-refractivity contribution in [2.75, 3.05) is 26.2 Å². The van der Waals surface area contributed by atoms with E-state index in [2.05, 4.69) is 23.2 Å². The number of carbonyl (C=O) groups is 1. The van der Waals surface area contributed by atoms with Crippen molar-refractivity contribution < 1.29 is 9.21 Å². The molecule has 4 heteroatoms. The number of carbonyl (C=O) groups excluding carboxylic acids is 1. The zero-order chi connectivity index (χ0) is 14.0. The summed E-state index contributed by atoms with van der Waals surface area (Å²) in [6.45, 7) is 5.78. The van der Waals surface area contributed by atoms with Crippen molar-refractivity contribution in [3.05, 3.63) is 29.7 Å². The molecule has 20 heavy (non-hydrogen) atoms. The monoisotopic (exact) mass is 274 g/mol. The van der Waals surface area contributed by atoms with Gasteiger partial charge in [-0.25, -0.2) is 0 Å². The molecule has 0 aliphatic carbocycles. The Hall–Kier alpha value is -1.55. The Morgan fingerprint density at radius 3 is 3.20 bits per heavy atom. The Bertz CT molecular complexity index is 507. The molecule has 1 N–H and O–H groups in total. The third-order valence-corrected chi connectivity index (χ3v) is 4.44. The average molecular weight is 274 g/mol. The summed E-state index contributed by atoms with van der Waals surface area (Å²) in [6.07, 6.45) is 6.91. The summed E-state index contributed by atoms with van der Waals surface area (Å²) in [5, 5.41) is 3.03. The quantitative estimate of drug-likeness (QED) is 0.920. The van der Waals surface area contributed by atoms with Gasteiger partial charge in [-0.15, -0.1) is 0 Å². The average Bonchev–Trinajstić information content (AvgIpc) is 3.04. The molecule has 2 fully saturated rings. The van der Waals surface area contributed by atoms with Gasteiger partial charge in [-0.1, -0.05) is 5.57 Å². The Balaban J connectivity index is 1.61. The van der Waals surface area contributed by atoms with Gasteiger partial charge in [0.1, 0.15) is 5.76 Å². The van der Waals surface area contributed by atoms with Gasteiger partial charge in [-0.3, -0.25) is 9.69 Å². The molecular formula is C16H22N2O2. The smallest absolute Gasteiger partial charge is 0.227 e. The molecule has 1 atom stereocenters. The van der Waals surface area contributed by atoms with E-state index in [1.165, 1.54) is 5.57 Å². The third kappa shape index (κ3) is 2.66. The normalized spacial score (nSPS) is 28.1. The Kier molecular flexibility index (Phi) is 3.66. The highest BCUT2D eigenvalue weighted by Gasteiger charge is 2.45. The van der Waals surface area contributed by atoms with Crippen LogP contribution in [-0.4, -0.2) is 37.0 Å². The predicted molar refractivity (Wildman–Crippen MR) is 78.1 cm³/mol. The van der Waals surface area contributed by atoms with Gasteiger partial charge >= 0.3 is 0 Å². The van der Waals surface area contributed by atoms with Gasteiger partial charge in [0.05, 0.1) is 11.7 Å². The molecule has 1 aromatic heterocycles. The maximum Gasteiger partial charge on any atom is 0.227 e. The second-order valence-corrected chi connectivity index (χ2v) is 6.11. The first-order valence-corrected chi connectivity index (χ1v) is 7.39. The fourth-order valence-electron chi connectivity index (χ4n) is 3.43. The number of hydrogen-bond acceptors (Lipinski definition) is 3. The molecule has 108 valence electrons. The zero-order valence-electron chi connectivity index (χ0n) is 12.0. The summed E-state index contributed by atoms with van der Waals surface area (Å²) in [5.41, 5.74) is 1.15. The summed E-state index contributed by atoms with van der Waals surface area (Å²) in [7, 11) is 0. The maximum absolute atomic E-state index is 12.1. The highest BCUT2D eigenvalue weighted by molar-refractivity contribution is 5.84. The molecule has 1 aromatic rings. The van der Waals surface area contributed by atoms with Crippen molar-refractivity contribution >= 4 is 12.0 Å². The minimum Gasteiger partial charge on any atom is -0.465 e. The number of piperidine rings is 1. The van der Waals surface area contributed by atoms with E-state index in [0.717, 1.165) is 51.2 Å². The van der Waals surface area contributed by atoms with E-state index in [1.54, 1.807) is 6.26 Å². The number of furan rings is 1. The van der Waals surface area contributed by atoms with Gasteiger partial charge in [-0.05, 0) is 50.9 Å². The second-order valence-electron chi connectivity index (χ2n) is 6.11. The SMILES string of the molecule is CC(=Cc1ccco1)CN1CCC2(CCCNC2=O)C1. The number of hydrogen-bond donors (Lipinski definition) is 1. The van der Waals surface area contributed by atoms with Crippen LogP contribution in [0.4, 0.5) is 0 Å². The van der Waals surface area contributed by atoms with Gasteiger partial charge in [0, 0.05) is 19.6 Å². The van der Waals surface area contributed by atoms with Crippen LogP contribution in [0.1, 0.15) is 31.9 Å². The van der Waals surface area contributed by atoms with Crippen molar-refractivity contribution in [3.63, 3.8) is 0 Å². The Labute approximate surface area is 119 Å². The molecule has 0 saturated carbocycles. The number of amides is 1. The highest BCUT2D eigenvalue weighted by Crippen LogP contribution is 2.37. The molecule has 2 saturated heterocycles. The summed E-state index contributed by atoms with van der Waals surface area (Å²) >= 11 is 0. The molecule has 2 aliphatic heterocycles. The first kappa shape index (κ1) is 13.4. The number of rotatable bonds is 3. The summed E-state index contributed by atoms with van der Waals surface area (Å²) < 4.78 is 5.34. The molecular weight excluding hydrogens is 252 g/mol. The second kappa shape index (κ2) is 5.44. The van der Waals surface area contributed by atoms with E-state index in [-0.39, 0.29) is 11.3 Å². The zero-order valence-corrected chi connectivity index (χ0v) is 12.0. The third-order valence-electron chi connectivity index (χ3n) is 4.44. The Morgan fingerprint density at radius 2 is 2.45 bits per heavy atom. The molecule has 3 heterocycles. The van der Waals surface area contributed by atoms with Crippen LogP contribution in [-0.2, 0) is 4.79 Å². The van der Waals surface area contributed by atoms with E-state index in [1.807, 2.05) is 12.1 Å². The van der Waals surface area contributed by atoms with Gasteiger partial charge < -0.3 is 9.73 Å². The summed E-state index contributed by atoms with van der Waals surface area (Å²) in [5.74, 6) is 1.16. The van der Waals surface area contributed by atoms with Gasteiger partial charge in [0.2, 0.25) is 5.91 Å². The first-order valence-electron chi connectivity index (χ1n) is 7.39. The van der Waals surface area contributed by atoms with Crippen molar-refractivity contribution in [2.45, 2.75) is 26.2 Å². The molecule has 4 nitrogen and oxygen atoms in total. The van der Waals surface area contributed by atoms with Gasteiger partial charge in [0.15, 0.2) is 0 Å². The molecule has 1 spiro atoms. The van der Waals surface area contributed by atoms with Crippen LogP contribution in [0.15, 0.2) is 28.4 Å². The topological polar surface area (TPSA) is 45.5 Å². The molecule has 0 aromatic carbocycles. The highest BCUT2D eigenvalue weighted by atomic mass is 16.3. The standard InChI is InChI=1S/C16H22N2O2/c1-13(10-14-4-2-9-20-14)11-18-8-6-16(12-18)5-3-7-17-15(16)19/h2,4,9-10H,3,5-8,11-12H2,1H3,(H,17,19). The fourth-order valence-corrected chi connectivity index (χ4v) is 3.43. The number of nitrogens with zero attached hydrogens (tertiary/aromatic N) is 1. The maximum atomic E-state index is 12.1. The van der Waals surface area contributed by atoms with Crippen LogP contribution in [0.3, 0.4) is 0 Å². The number of nitrogens with one attached hydrogen (secondary N) is 1. The molecule has 1 unspecified atom stereocenters. The Morgan fingerprint density at radius 1 is 1.55 bits per heavy atom. The van der Waals surface area contributed by atoms with Crippen LogP contribution < -0.4 is 5.32 Å². The summed E-state index contributed by atoms with van der Waals surface area (Å²) in [4.78, 5) is 14.5. The molecule has 0 bridgehead atoms. The van der Waals surface area contributed by atoms with Crippen LogP contribution in [0.2, 0.25) is 0 Å². The summed E-state index contributed by atoms with van der Waals surface area (Å²) in [6, 6.07) is 3.86.